The molecule has 1 fully saturated rings. The second kappa shape index (κ2) is 7.75. The number of nitrogens with zero attached hydrogens (tertiary/aromatic N) is 3. The van der Waals surface area contributed by atoms with E-state index in [0.29, 0.717) is 12.1 Å². The van der Waals surface area contributed by atoms with Gasteiger partial charge in [0.05, 0.1) is 24.0 Å². The highest BCUT2D eigenvalue weighted by molar-refractivity contribution is 9.10. The highest BCUT2D eigenvalue weighted by atomic mass is 79.9. The molecule has 0 spiro atoms. The van der Waals surface area contributed by atoms with Gasteiger partial charge in [0.15, 0.2) is 0 Å². The fraction of sp³-hybridized carbons (Fsp3) is 0.286. The summed E-state index contributed by atoms with van der Waals surface area (Å²) in [6.45, 7) is 2.55. The normalized spacial score (nSPS) is 21.6. The topological polar surface area (TPSA) is 62.2 Å². The van der Waals surface area contributed by atoms with Crippen LogP contribution in [0.15, 0.2) is 64.2 Å². The van der Waals surface area contributed by atoms with Gasteiger partial charge in [-0.25, -0.2) is 9.69 Å². The van der Waals surface area contributed by atoms with Crippen LogP contribution in [0, 0.1) is 5.92 Å². The van der Waals surface area contributed by atoms with E-state index < -0.39 is 12.0 Å². The monoisotopic (exact) mass is 441 g/mol. The van der Waals surface area contributed by atoms with E-state index in [-0.39, 0.29) is 25.1 Å². The lowest BCUT2D eigenvalue weighted by Gasteiger charge is -2.28. The maximum atomic E-state index is 13.4. The molecule has 0 saturated carbocycles. The van der Waals surface area contributed by atoms with E-state index in [2.05, 4.69) is 15.9 Å². The molecular formula is C21H20BrN3O3. The van der Waals surface area contributed by atoms with E-state index >= 15 is 0 Å². The Morgan fingerprint density at radius 3 is 2.50 bits per heavy atom. The number of rotatable bonds is 4. The van der Waals surface area contributed by atoms with Crippen molar-refractivity contribution in [3.8, 4) is 0 Å². The molecule has 7 heteroatoms. The van der Waals surface area contributed by atoms with E-state index in [1.165, 1.54) is 4.90 Å². The zero-order chi connectivity index (χ0) is 19.7. The van der Waals surface area contributed by atoms with Gasteiger partial charge in [-0.2, -0.15) is 5.10 Å². The second-order valence-corrected chi connectivity index (χ2v) is 7.65. The van der Waals surface area contributed by atoms with Gasteiger partial charge in [0, 0.05) is 4.47 Å². The molecule has 28 heavy (non-hydrogen) atoms. The SMILES string of the molecule is CC[C@H]1[C@H](C(=O)N2CCOC2=O)C(c2ccccc2)=NN1c1ccc(Br)cc1. The number of carbonyl (C=O) groups is 2. The number of halogens is 1. The smallest absolute Gasteiger partial charge is 0.416 e. The van der Waals surface area contributed by atoms with E-state index in [1.54, 1.807) is 0 Å². The molecule has 1 saturated heterocycles. The number of anilines is 1. The number of benzene rings is 2. The number of carbonyl (C=O) groups excluding carboxylic acids is 2. The highest BCUT2D eigenvalue weighted by Gasteiger charge is 2.46. The fourth-order valence-electron chi connectivity index (χ4n) is 3.72. The Morgan fingerprint density at radius 2 is 1.89 bits per heavy atom. The van der Waals surface area contributed by atoms with Crippen molar-refractivity contribution in [2.45, 2.75) is 19.4 Å². The van der Waals surface area contributed by atoms with Gasteiger partial charge in [-0.3, -0.25) is 9.80 Å². The van der Waals surface area contributed by atoms with Gasteiger partial charge in [-0.05, 0) is 36.2 Å². The van der Waals surface area contributed by atoms with Crippen LogP contribution < -0.4 is 5.01 Å². The molecular weight excluding hydrogens is 422 g/mol. The standard InChI is InChI=1S/C21H20BrN3O3/c1-2-17-18(20(26)24-12-13-28-21(24)27)19(14-6-4-3-5-7-14)23-25(17)16-10-8-15(22)9-11-16/h3-11,17-18H,2,12-13H2,1H3/t17-,18-/m0/s1. The van der Waals surface area contributed by atoms with Crippen LogP contribution in [0.5, 0.6) is 0 Å². The summed E-state index contributed by atoms with van der Waals surface area (Å²) < 4.78 is 5.96. The molecule has 0 unspecified atom stereocenters. The van der Waals surface area contributed by atoms with Crippen LogP contribution in [0.4, 0.5) is 10.5 Å². The first kappa shape index (κ1) is 18.7. The van der Waals surface area contributed by atoms with E-state index in [0.717, 1.165) is 15.7 Å². The quantitative estimate of drug-likeness (QED) is 0.717. The predicted octanol–water partition coefficient (Wildman–Crippen LogP) is 4.05. The van der Waals surface area contributed by atoms with Crippen LogP contribution >= 0.6 is 15.9 Å². The molecule has 0 radical (unpaired) electrons. The maximum absolute atomic E-state index is 13.4. The Balaban J connectivity index is 1.77. The number of ether oxygens (including phenoxy) is 1. The van der Waals surface area contributed by atoms with Crippen LogP contribution in [0.25, 0.3) is 0 Å². The molecule has 2 aromatic rings. The van der Waals surface area contributed by atoms with Crippen molar-refractivity contribution in [1.29, 1.82) is 0 Å². The van der Waals surface area contributed by atoms with Gasteiger partial charge in [0.1, 0.15) is 12.5 Å². The fourth-order valence-corrected chi connectivity index (χ4v) is 3.98. The minimum atomic E-state index is -0.575. The Kier molecular flexibility index (Phi) is 5.17. The predicted molar refractivity (Wildman–Crippen MR) is 110 cm³/mol. The lowest BCUT2D eigenvalue weighted by molar-refractivity contribution is -0.130. The van der Waals surface area contributed by atoms with Crippen molar-refractivity contribution >= 4 is 39.3 Å². The molecule has 2 aliphatic heterocycles. The molecule has 2 aromatic carbocycles. The van der Waals surface area contributed by atoms with Gasteiger partial charge in [-0.1, -0.05) is 53.2 Å². The average molecular weight is 442 g/mol. The van der Waals surface area contributed by atoms with Crippen LogP contribution in [0.2, 0.25) is 0 Å². The van der Waals surface area contributed by atoms with Crippen molar-refractivity contribution in [3.63, 3.8) is 0 Å². The molecule has 0 aromatic heterocycles. The van der Waals surface area contributed by atoms with Gasteiger partial charge in [-0.15, -0.1) is 0 Å². The molecule has 2 amide bonds. The van der Waals surface area contributed by atoms with E-state index in [1.807, 2.05) is 66.5 Å². The van der Waals surface area contributed by atoms with E-state index in [9.17, 15) is 9.59 Å². The number of cyclic esters (lactones) is 1. The third-order valence-electron chi connectivity index (χ3n) is 5.08. The number of amides is 2. The van der Waals surface area contributed by atoms with Gasteiger partial charge in [0.2, 0.25) is 5.91 Å². The molecule has 4 rings (SSSR count). The van der Waals surface area contributed by atoms with Gasteiger partial charge in [0.25, 0.3) is 0 Å². The number of hydrogen-bond donors (Lipinski definition) is 0. The van der Waals surface area contributed by atoms with Crippen molar-refractivity contribution < 1.29 is 14.3 Å². The lowest BCUT2D eigenvalue weighted by atomic mass is 9.88. The van der Waals surface area contributed by atoms with Crippen LogP contribution in [0.3, 0.4) is 0 Å². The Morgan fingerprint density at radius 1 is 1.18 bits per heavy atom. The van der Waals surface area contributed by atoms with Crippen LogP contribution in [-0.2, 0) is 9.53 Å². The molecule has 6 nitrogen and oxygen atoms in total. The summed E-state index contributed by atoms with van der Waals surface area (Å²) in [5.41, 5.74) is 2.47. The Hall–Kier alpha value is -2.67. The second-order valence-electron chi connectivity index (χ2n) is 6.73. The third-order valence-corrected chi connectivity index (χ3v) is 5.61. The molecule has 144 valence electrons. The first-order valence-corrected chi connectivity index (χ1v) is 10.1. The summed E-state index contributed by atoms with van der Waals surface area (Å²) in [6, 6.07) is 17.3. The summed E-state index contributed by atoms with van der Waals surface area (Å²) in [5, 5.41) is 6.75. The molecule has 0 bridgehead atoms. The summed E-state index contributed by atoms with van der Waals surface area (Å²) in [6.07, 6.45) is 0.129. The molecule has 2 aliphatic rings. The average Bonchev–Trinajstić information content (AvgIpc) is 3.32. The summed E-state index contributed by atoms with van der Waals surface area (Å²) in [7, 11) is 0. The first-order chi connectivity index (χ1) is 13.6. The third kappa shape index (κ3) is 3.30. The zero-order valence-electron chi connectivity index (χ0n) is 15.4. The molecule has 0 N–H and O–H groups in total. The first-order valence-electron chi connectivity index (χ1n) is 9.27. The minimum Gasteiger partial charge on any atom is -0.447 e. The largest absolute Gasteiger partial charge is 0.447 e. The summed E-state index contributed by atoms with van der Waals surface area (Å²) in [4.78, 5) is 26.6. The molecule has 2 atom stereocenters. The van der Waals surface area contributed by atoms with Gasteiger partial charge < -0.3 is 4.74 Å². The van der Waals surface area contributed by atoms with Crippen molar-refractivity contribution in [2.75, 3.05) is 18.2 Å². The van der Waals surface area contributed by atoms with Crippen molar-refractivity contribution in [2.24, 2.45) is 11.0 Å². The minimum absolute atomic E-state index is 0.183. The zero-order valence-corrected chi connectivity index (χ0v) is 17.0. The molecule has 2 heterocycles. The number of hydrazone groups is 1. The van der Waals surface area contributed by atoms with Crippen molar-refractivity contribution in [3.05, 3.63) is 64.6 Å². The number of imide groups is 1. The summed E-state index contributed by atoms with van der Waals surface area (Å²) in [5.74, 6) is -0.793. The lowest BCUT2D eigenvalue weighted by Crippen LogP contribution is -2.46. The van der Waals surface area contributed by atoms with E-state index in [4.69, 9.17) is 9.84 Å². The Bertz CT molecular complexity index is 914. The molecule has 0 aliphatic carbocycles. The maximum Gasteiger partial charge on any atom is 0.416 e. The van der Waals surface area contributed by atoms with Crippen LogP contribution in [-0.4, -0.2) is 41.8 Å². The number of hydrogen-bond acceptors (Lipinski definition) is 5. The van der Waals surface area contributed by atoms with Gasteiger partial charge >= 0.3 is 6.09 Å². The van der Waals surface area contributed by atoms with Crippen molar-refractivity contribution in [1.82, 2.24) is 4.90 Å². The summed E-state index contributed by atoms with van der Waals surface area (Å²) >= 11 is 3.45. The Labute approximate surface area is 171 Å². The highest BCUT2D eigenvalue weighted by Crippen LogP contribution is 2.34. The van der Waals surface area contributed by atoms with Crippen LogP contribution in [0.1, 0.15) is 18.9 Å².